The summed E-state index contributed by atoms with van der Waals surface area (Å²) < 4.78 is 26.8. The van der Waals surface area contributed by atoms with Gasteiger partial charge in [-0.3, -0.25) is 5.10 Å². The first-order valence-electron chi connectivity index (χ1n) is 12.3. The zero-order valence-corrected chi connectivity index (χ0v) is 20.8. The van der Waals surface area contributed by atoms with Gasteiger partial charge in [0.25, 0.3) is 0 Å². The molecule has 0 spiro atoms. The van der Waals surface area contributed by atoms with Crippen LogP contribution in [0.5, 0.6) is 17.6 Å². The standard InChI is InChI=1S/C25H27ClFN7O2/c1-33-9-5-6-15(33)14-35-25-30-21-16(23(31-25)34-10-3-2-4-11-34)7-8-28-24(21)36-22-17-13-29-32-19(17)12-18(27)20(22)26/h7-8,12-13,15H,2-6,9-11,14H2,1H3,(H,29,32)/t15-/m0/s1. The smallest absolute Gasteiger partial charge is 0.319 e. The predicted molar refractivity (Wildman–Crippen MR) is 136 cm³/mol. The molecule has 3 aromatic heterocycles. The van der Waals surface area contributed by atoms with E-state index in [9.17, 15) is 4.39 Å². The molecule has 0 saturated carbocycles. The minimum atomic E-state index is -0.614. The number of hydrogen-bond donors (Lipinski definition) is 1. The first kappa shape index (κ1) is 23.2. The van der Waals surface area contributed by atoms with E-state index in [1.165, 1.54) is 12.5 Å². The molecule has 9 nitrogen and oxygen atoms in total. The van der Waals surface area contributed by atoms with Crippen molar-refractivity contribution in [1.29, 1.82) is 0 Å². The normalized spacial score (nSPS) is 18.9. The van der Waals surface area contributed by atoms with Crippen molar-refractivity contribution in [3.05, 3.63) is 35.4 Å². The molecule has 0 amide bonds. The monoisotopic (exact) mass is 511 g/mol. The molecular weight excluding hydrogens is 485 g/mol. The molecule has 0 unspecified atom stereocenters. The van der Waals surface area contributed by atoms with Gasteiger partial charge in [0.1, 0.15) is 28.8 Å². The van der Waals surface area contributed by atoms with Crippen LogP contribution in [-0.2, 0) is 0 Å². The second kappa shape index (κ2) is 9.67. The van der Waals surface area contributed by atoms with Gasteiger partial charge in [-0.1, -0.05) is 11.6 Å². The molecule has 5 heterocycles. The third-order valence-electron chi connectivity index (χ3n) is 7.06. The molecule has 11 heteroatoms. The van der Waals surface area contributed by atoms with Gasteiger partial charge in [0.2, 0.25) is 5.88 Å². The van der Waals surface area contributed by atoms with Gasteiger partial charge in [-0.2, -0.15) is 15.1 Å². The van der Waals surface area contributed by atoms with E-state index in [-0.39, 0.29) is 22.7 Å². The summed E-state index contributed by atoms with van der Waals surface area (Å²) in [5.74, 6) is 0.511. The number of ether oxygens (including phenoxy) is 2. The van der Waals surface area contributed by atoms with Crippen molar-refractivity contribution < 1.29 is 13.9 Å². The van der Waals surface area contributed by atoms with Crippen LogP contribution in [0.2, 0.25) is 5.02 Å². The number of nitrogens with zero attached hydrogens (tertiary/aromatic N) is 6. The number of piperidine rings is 1. The Labute approximate surface area is 212 Å². The van der Waals surface area contributed by atoms with Crippen molar-refractivity contribution in [2.75, 3.05) is 38.2 Å². The summed E-state index contributed by atoms with van der Waals surface area (Å²) in [6.45, 7) is 3.37. The number of likely N-dealkylation sites (N-methyl/N-ethyl adjacent to an activating group) is 1. The Morgan fingerprint density at radius 1 is 1.14 bits per heavy atom. The van der Waals surface area contributed by atoms with Crippen LogP contribution in [0.4, 0.5) is 10.2 Å². The maximum Gasteiger partial charge on any atom is 0.319 e. The summed E-state index contributed by atoms with van der Waals surface area (Å²) in [6.07, 6.45) is 8.81. The highest BCUT2D eigenvalue weighted by molar-refractivity contribution is 6.33. The number of likely N-dealkylation sites (tertiary alicyclic amines) is 1. The lowest BCUT2D eigenvalue weighted by molar-refractivity contribution is 0.188. The molecular formula is C25H27ClFN7O2. The molecule has 1 atom stereocenters. The number of hydrogen-bond acceptors (Lipinski definition) is 8. The van der Waals surface area contributed by atoms with Gasteiger partial charge in [0, 0.05) is 31.4 Å². The molecule has 2 saturated heterocycles. The minimum Gasteiger partial charge on any atom is -0.462 e. The molecule has 0 radical (unpaired) electrons. The number of aromatic amines is 1. The van der Waals surface area contributed by atoms with E-state index in [4.69, 9.17) is 31.0 Å². The van der Waals surface area contributed by atoms with Crippen LogP contribution in [0.3, 0.4) is 0 Å². The number of rotatable bonds is 6. The van der Waals surface area contributed by atoms with Crippen molar-refractivity contribution in [3.63, 3.8) is 0 Å². The number of benzene rings is 1. The highest BCUT2D eigenvalue weighted by Crippen LogP contribution is 2.40. The Bertz CT molecular complexity index is 1410. The summed E-state index contributed by atoms with van der Waals surface area (Å²) in [4.78, 5) is 18.5. The van der Waals surface area contributed by atoms with Crippen molar-refractivity contribution >= 4 is 39.2 Å². The van der Waals surface area contributed by atoms with E-state index < -0.39 is 5.82 Å². The van der Waals surface area contributed by atoms with Gasteiger partial charge in [-0.25, -0.2) is 9.37 Å². The summed E-state index contributed by atoms with van der Waals surface area (Å²) in [5, 5.41) is 7.95. The topological polar surface area (TPSA) is 92.3 Å². The highest BCUT2D eigenvalue weighted by atomic mass is 35.5. The van der Waals surface area contributed by atoms with Crippen LogP contribution in [0.25, 0.3) is 21.8 Å². The van der Waals surface area contributed by atoms with E-state index in [0.717, 1.165) is 56.5 Å². The van der Waals surface area contributed by atoms with Gasteiger partial charge in [-0.15, -0.1) is 0 Å². The largest absolute Gasteiger partial charge is 0.462 e. The van der Waals surface area contributed by atoms with Crippen LogP contribution < -0.4 is 14.4 Å². The third-order valence-corrected chi connectivity index (χ3v) is 7.42. The average molecular weight is 512 g/mol. The van der Waals surface area contributed by atoms with Crippen LogP contribution in [0.15, 0.2) is 24.5 Å². The summed E-state index contributed by atoms with van der Waals surface area (Å²) in [6, 6.07) is 3.77. The molecule has 0 bridgehead atoms. The first-order chi connectivity index (χ1) is 17.6. The SMILES string of the molecule is CN1CCC[C@H]1COc1nc(N2CCCCC2)c2ccnc(Oc3c(Cl)c(F)cc4[nH]ncc34)c2n1. The second-order valence-corrected chi connectivity index (χ2v) is 9.79. The van der Waals surface area contributed by atoms with E-state index in [0.29, 0.717) is 29.1 Å². The summed E-state index contributed by atoms with van der Waals surface area (Å²) in [5.41, 5.74) is 0.959. The second-order valence-electron chi connectivity index (χ2n) is 9.41. The van der Waals surface area contributed by atoms with Crippen molar-refractivity contribution in [2.45, 2.75) is 38.1 Å². The Morgan fingerprint density at radius 2 is 2.00 bits per heavy atom. The molecule has 36 heavy (non-hydrogen) atoms. The quantitative estimate of drug-likeness (QED) is 0.389. The van der Waals surface area contributed by atoms with E-state index in [1.807, 2.05) is 6.07 Å². The molecule has 4 aromatic rings. The number of pyridine rings is 1. The first-order valence-corrected chi connectivity index (χ1v) is 12.7. The molecule has 1 aromatic carbocycles. The van der Waals surface area contributed by atoms with Crippen LogP contribution in [0.1, 0.15) is 32.1 Å². The maximum absolute atomic E-state index is 14.5. The minimum absolute atomic E-state index is 0.133. The molecule has 2 aliphatic heterocycles. The fourth-order valence-electron chi connectivity index (χ4n) is 5.04. The number of fused-ring (bicyclic) bond motifs is 2. The lowest BCUT2D eigenvalue weighted by Gasteiger charge is -2.29. The van der Waals surface area contributed by atoms with Gasteiger partial charge < -0.3 is 19.3 Å². The average Bonchev–Trinajstić information content (AvgIpc) is 3.54. The molecule has 1 N–H and O–H groups in total. The lowest BCUT2D eigenvalue weighted by atomic mass is 10.1. The molecule has 2 fully saturated rings. The Balaban J connectivity index is 1.43. The van der Waals surface area contributed by atoms with Gasteiger partial charge in [-0.05, 0) is 51.8 Å². The Kier molecular flexibility index (Phi) is 6.22. The molecule has 2 aliphatic rings. The number of H-pyrrole nitrogens is 1. The zero-order valence-electron chi connectivity index (χ0n) is 20.0. The third kappa shape index (κ3) is 4.28. The Hall–Kier alpha value is -3.24. The molecule has 6 rings (SSSR count). The lowest BCUT2D eigenvalue weighted by Crippen LogP contribution is -2.32. The van der Waals surface area contributed by atoms with Crippen molar-refractivity contribution in [3.8, 4) is 17.6 Å². The number of anilines is 1. The van der Waals surface area contributed by atoms with E-state index in [1.54, 1.807) is 12.4 Å². The predicted octanol–water partition coefficient (Wildman–Crippen LogP) is 4.95. The van der Waals surface area contributed by atoms with Crippen LogP contribution in [0, 0.1) is 5.82 Å². The fourth-order valence-corrected chi connectivity index (χ4v) is 5.24. The summed E-state index contributed by atoms with van der Waals surface area (Å²) >= 11 is 6.31. The van der Waals surface area contributed by atoms with Crippen molar-refractivity contribution in [2.24, 2.45) is 0 Å². The van der Waals surface area contributed by atoms with Crippen LogP contribution >= 0.6 is 11.6 Å². The van der Waals surface area contributed by atoms with E-state index in [2.05, 4.69) is 32.0 Å². The number of nitrogens with one attached hydrogen (secondary N) is 1. The fraction of sp³-hybridized carbons (Fsp3) is 0.440. The number of halogens is 2. The highest BCUT2D eigenvalue weighted by Gasteiger charge is 2.25. The summed E-state index contributed by atoms with van der Waals surface area (Å²) in [7, 11) is 2.11. The number of aromatic nitrogens is 5. The van der Waals surface area contributed by atoms with Gasteiger partial charge in [0.15, 0.2) is 5.75 Å². The zero-order chi connectivity index (χ0) is 24.6. The van der Waals surface area contributed by atoms with Crippen molar-refractivity contribution in [1.82, 2.24) is 30.0 Å². The van der Waals surface area contributed by atoms with E-state index >= 15 is 0 Å². The molecule has 188 valence electrons. The Morgan fingerprint density at radius 3 is 2.81 bits per heavy atom. The van der Waals surface area contributed by atoms with Crippen LogP contribution in [-0.4, -0.2) is 69.4 Å². The van der Waals surface area contributed by atoms with Gasteiger partial charge in [0.05, 0.1) is 22.5 Å². The molecule has 0 aliphatic carbocycles. The maximum atomic E-state index is 14.5. The van der Waals surface area contributed by atoms with Gasteiger partial charge >= 0.3 is 6.01 Å².